The second kappa shape index (κ2) is 3.93. The van der Waals surface area contributed by atoms with Gasteiger partial charge in [-0.25, -0.2) is 0 Å². The lowest BCUT2D eigenvalue weighted by Gasteiger charge is -2.07. The lowest BCUT2D eigenvalue weighted by atomic mass is 10.1. The second-order valence-electron chi connectivity index (χ2n) is 3.49. The SMILES string of the molecule is CCOC1CC2=C(C=CCC=C2)C1=O. The van der Waals surface area contributed by atoms with Gasteiger partial charge >= 0.3 is 0 Å². The van der Waals surface area contributed by atoms with E-state index in [1.165, 1.54) is 0 Å². The van der Waals surface area contributed by atoms with Crippen LogP contribution < -0.4 is 0 Å². The molecule has 0 amide bonds. The third kappa shape index (κ3) is 1.58. The molecule has 14 heavy (non-hydrogen) atoms. The zero-order valence-corrected chi connectivity index (χ0v) is 8.32. The van der Waals surface area contributed by atoms with Crippen LogP contribution in [0.4, 0.5) is 0 Å². The van der Waals surface area contributed by atoms with Crippen LogP contribution in [-0.2, 0) is 9.53 Å². The zero-order chi connectivity index (χ0) is 9.97. The van der Waals surface area contributed by atoms with E-state index in [4.69, 9.17) is 4.74 Å². The topological polar surface area (TPSA) is 26.3 Å². The Morgan fingerprint density at radius 1 is 1.43 bits per heavy atom. The maximum atomic E-state index is 11.8. The maximum Gasteiger partial charge on any atom is 0.192 e. The van der Waals surface area contributed by atoms with Crippen molar-refractivity contribution in [2.24, 2.45) is 0 Å². The first-order chi connectivity index (χ1) is 6.83. The lowest BCUT2D eigenvalue weighted by molar-refractivity contribution is -0.124. The Bertz CT molecular complexity index is 334. The third-order valence-corrected chi connectivity index (χ3v) is 2.55. The number of carbonyl (C=O) groups excluding carboxylic acids is 1. The van der Waals surface area contributed by atoms with E-state index in [0.717, 1.165) is 24.0 Å². The van der Waals surface area contributed by atoms with Crippen molar-refractivity contribution < 1.29 is 9.53 Å². The van der Waals surface area contributed by atoms with Crippen molar-refractivity contribution in [3.63, 3.8) is 0 Å². The van der Waals surface area contributed by atoms with Crippen LogP contribution in [0.25, 0.3) is 0 Å². The molecule has 0 spiro atoms. The number of Topliss-reactive ketones (excluding diaryl/α,β-unsaturated/α-hetero) is 1. The molecular formula is C12H14O2. The van der Waals surface area contributed by atoms with Crippen LogP contribution in [-0.4, -0.2) is 18.5 Å². The van der Waals surface area contributed by atoms with Crippen molar-refractivity contribution in [1.82, 2.24) is 0 Å². The highest BCUT2D eigenvalue weighted by Crippen LogP contribution is 2.29. The van der Waals surface area contributed by atoms with E-state index in [9.17, 15) is 4.79 Å². The van der Waals surface area contributed by atoms with Gasteiger partial charge in [0.05, 0.1) is 0 Å². The molecule has 0 aliphatic heterocycles. The summed E-state index contributed by atoms with van der Waals surface area (Å²) in [4.78, 5) is 11.8. The van der Waals surface area contributed by atoms with Crippen LogP contribution in [0.2, 0.25) is 0 Å². The first-order valence-corrected chi connectivity index (χ1v) is 5.05. The number of allylic oxidation sites excluding steroid dienone is 4. The third-order valence-electron chi connectivity index (χ3n) is 2.55. The van der Waals surface area contributed by atoms with Crippen molar-refractivity contribution in [2.45, 2.75) is 25.9 Å². The minimum absolute atomic E-state index is 0.143. The van der Waals surface area contributed by atoms with Crippen LogP contribution in [0.3, 0.4) is 0 Å². The quantitative estimate of drug-likeness (QED) is 0.667. The fraction of sp³-hybridized carbons (Fsp3) is 0.417. The summed E-state index contributed by atoms with van der Waals surface area (Å²) in [6.07, 6.45) is 9.49. The predicted octanol–water partition coefficient (Wildman–Crippen LogP) is 2.18. The molecule has 0 bridgehead atoms. The first-order valence-electron chi connectivity index (χ1n) is 5.05. The maximum absolute atomic E-state index is 11.8. The molecule has 0 fully saturated rings. The van der Waals surface area contributed by atoms with Gasteiger partial charge in [0.25, 0.3) is 0 Å². The van der Waals surface area contributed by atoms with Crippen LogP contribution in [0.1, 0.15) is 19.8 Å². The molecule has 2 aliphatic rings. The van der Waals surface area contributed by atoms with E-state index in [-0.39, 0.29) is 11.9 Å². The van der Waals surface area contributed by atoms with Crippen molar-refractivity contribution in [1.29, 1.82) is 0 Å². The number of hydrogen-bond donors (Lipinski definition) is 0. The Hall–Kier alpha value is -1.15. The molecule has 0 radical (unpaired) electrons. The van der Waals surface area contributed by atoms with Crippen molar-refractivity contribution >= 4 is 5.78 Å². The van der Waals surface area contributed by atoms with Crippen LogP contribution in [0.15, 0.2) is 35.5 Å². The molecule has 0 aromatic heterocycles. The molecule has 0 N–H and O–H groups in total. The van der Waals surface area contributed by atoms with Gasteiger partial charge < -0.3 is 4.74 Å². The van der Waals surface area contributed by atoms with Gasteiger partial charge in [-0.05, 0) is 18.9 Å². The molecule has 2 heteroatoms. The molecule has 2 nitrogen and oxygen atoms in total. The molecule has 2 rings (SSSR count). The standard InChI is InChI=1S/C12H14O2/c1-2-14-11-8-9-6-4-3-5-7-10(9)12(11)13/h4-7,11H,2-3,8H2,1H3. The fourth-order valence-electron chi connectivity index (χ4n) is 1.89. The summed E-state index contributed by atoms with van der Waals surface area (Å²) in [5.41, 5.74) is 1.97. The molecule has 0 saturated carbocycles. The summed E-state index contributed by atoms with van der Waals surface area (Å²) in [7, 11) is 0. The number of ketones is 1. The number of ether oxygens (including phenoxy) is 1. The summed E-state index contributed by atoms with van der Waals surface area (Å²) in [5, 5.41) is 0. The first kappa shape index (κ1) is 9.41. The van der Waals surface area contributed by atoms with Crippen molar-refractivity contribution in [3.05, 3.63) is 35.5 Å². The minimum Gasteiger partial charge on any atom is -0.370 e. The molecule has 1 atom stereocenters. The highest BCUT2D eigenvalue weighted by molar-refractivity contribution is 6.05. The van der Waals surface area contributed by atoms with Gasteiger partial charge in [-0.2, -0.15) is 0 Å². The Morgan fingerprint density at radius 2 is 2.21 bits per heavy atom. The van der Waals surface area contributed by atoms with E-state index in [0.29, 0.717) is 6.61 Å². The van der Waals surface area contributed by atoms with Crippen LogP contribution >= 0.6 is 0 Å². The Kier molecular flexibility index (Phi) is 2.64. The Balaban J connectivity index is 2.22. The van der Waals surface area contributed by atoms with E-state index < -0.39 is 0 Å². The summed E-state index contributed by atoms with van der Waals surface area (Å²) in [6.45, 7) is 2.52. The van der Waals surface area contributed by atoms with Gasteiger partial charge in [-0.1, -0.05) is 24.3 Å². The van der Waals surface area contributed by atoms with E-state index in [1.807, 2.05) is 25.2 Å². The van der Waals surface area contributed by atoms with Crippen LogP contribution in [0, 0.1) is 0 Å². The van der Waals surface area contributed by atoms with Gasteiger partial charge in [0.15, 0.2) is 5.78 Å². The van der Waals surface area contributed by atoms with Gasteiger partial charge in [-0.15, -0.1) is 0 Å². The fourth-order valence-corrected chi connectivity index (χ4v) is 1.89. The molecule has 0 saturated heterocycles. The van der Waals surface area contributed by atoms with Gasteiger partial charge in [0.2, 0.25) is 0 Å². The molecule has 0 aromatic carbocycles. The molecule has 0 aromatic rings. The number of hydrogen-bond acceptors (Lipinski definition) is 2. The Morgan fingerprint density at radius 3 is 3.00 bits per heavy atom. The summed E-state index contributed by atoms with van der Waals surface area (Å²) in [5.74, 6) is 0.143. The van der Waals surface area contributed by atoms with Gasteiger partial charge in [0.1, 0.15) is 6.10 Å². The summed E-state index contributed by atoms with van der Waals surface area (Å²) < 4.78 is 5.39. The minimum atomic E-state index is -0.239. The molecule has 2 aliphatic carbocycles. The van der Waals surface area contributed by atoms with E-state index in [2.05, 4.69) is 6.08 Å². The zero-order valence-electron chi connectivity index (χ0n) is 8.32. The van der Waals surface area contributed by atoms with Crippen molar-refractivity contribution in [2.75, 3.05) is 6.61 Å². The number of carbonyl (C=O) groups is 1. The predicted molar refractivity (Wildman–Crippen MR) is 55.0 cm³/mol. The normalized spacial score (nSPS) is 25.5. The van der Waals surface area contributed by atoms with Gasteiger partial charge in [0, 0.05) is 18.6 Å². The summed E-state index contributed by atoms with van der Waals surface area (Å²) >= 11 is 0. The van der Waals surface area contributed by atoms with E-state index in [1.54, 1.807) is 0 Å². The smallest absolute Gasteiger partial charge is 0.192 e. The number of rotatable bonds is 2. The Labute approximate surface area is 83.9 Å². The lowest BCUT2D eigenvalue weighted by Crippen LogP contribution is -2.19. The molecular weight excluding hydrogens is 176 g/mol. The highest BCUT2D eigenvalue weighted by atomic mass is 16.5. The summed E-state index contributed by atoms with van der Waals surface area (Å²) in [6, 6.07) is 0. The molecule has 0 heterocycles. The highest BCUT2D eigenvalue weighted by Gasteiger charge is 2.31. The second-order valence-corrected chi connectivity index (χ2v) is 3.49. The molecule has 74 valence electrons. The van der Waals surface area contributed by atoms with Gasteiger partial charge in [-0.3, -0.25) is 4.79 Å². The van der Waals surface area contributed by atoms with Crippen molar-refractivity contribution in [3.8, 4) is 0 Å². The average molecular weight is 190 g/mol. The van der Waals surface area contributed by atoms with E-state index >= 15 is 0 Å². The monoisotopic (exact) mass is 190 g/mol. The van der Waals surface area contributed by atoms with Crippen LogP contribution in [0.5, 0.6) is 0 Å². The average Bonchev–Trinajstić information content (AvgIpc) is 2.41. The molecule has 1 unspecified atom stereocenters. The largest absolute Gasteiger partial charge is 0.370 e.